The minimum atomic E-state index is -4.22. The fraction of sp³-hybridized carbons (Fsp3) is 0.174. The van der Waals surface area contributed by atoms with Crippen LogP contribution in [-0.4, -0.2) is 28.0 Å². The van der Waals surface area contributed by atoms with Crippen molar-refractivity contribution in [2.45, 2.75) is 17.9 Å². The predicted molar refractivity (Wildman–Crippen MR) is 117 cm³/mol. The number of carbonyl (C=O) groups is 1. The van der Waals surface area contributed by atoms with Crippen LogP contribution in [0.1, 0.15) is 18.5 Å². The van der Waals surface area contributed by atoms with Crippen LogP contribution in [0.2, 0.25) is 0 Å². The molecular formula is C23H23FN2O4S. The third kappa shape index (κ3) is 5.21. The highest BCUT2D eigenvalue weighted by molar-refractivity contribution is 7.92. The lowest BCUT2D eigenvalue weighted by molar-refractivity contribution is -0.120. The lowest BCUT2D eigenvalue weighted by Gasteiger charge is -2.25. The summed E-state index contributed by atoms with van der Waals surface area (Å²) < 4.78 is 47.0. The minimum Gasteiger partial charge on any atom is -0.497 e. The Labute approximate surface area is 181 Å². The van der Waals surface area contributed by atoms with Gasteiger partial charge in [0.1, 0.15) is 18.1 Å². The van der Waals surface area contributed by atoms with Gasteiger partial charge in [-0.25, -0.2) is 12.8 Å². The largest absolute Gasteiger partial charge is 0.497 e. The molecule has 0 saturated carbocycles. The Bertz CT molecular complexity index is 1140. The third-order valence-electron chi connectivity index (χ3n) is 4.73. The molecule has 0 aromatic heterocycles. The molecule has 0 aliphatic heterocycles. The van der Waals surface area contributed by atoms with Crippen LogP contribution >= 0.6 is 0 Å². The second-order valence-corrected chi connectivity index (χ2v) is 8.70. The van der Waals surface area contributed by atoms with E-state index in [2.05, 4.69) is 5.32 Å². The molecule has 0 aliphatic carbocycles. The second kappa shape index (κ2) is 9.61. The molecule has 0 unspecified atom stereocenters. The van der Waals surface area contributed by atoms with Crippen molar-refractivity contribution in [1.29, 1.82) is 0 Å². The number of anilines is 1. The maximum Gasteiger partial charge on any atom is 0.264 e. The predicted octanol–water partition coefficient (Wildman–Crippen LogP) is 3.91. The number of halogens is 1. The molecule has 0 radical (unpaired) electrons. The van der Waals surface area contributed by atoms with Gasteiger partial charge in [0, 0.05) is 0 Å². The summed E-state index contributed by atoms with van der Waals surface area (Å²) in [7, 11) is -2.75. The normalized spacial score (nSPS) is 12.1. The zero-order chi connectivity index (χ0) is 22.4. The van der Waals surface area contributed by atoms with Crippen LogP contribution < -0.4 is 14.4 Å². The molecule has 0 bridgehead atoms. The maximum atomic E-state index is 14.5. The molecule has 8 heteroatoms. The van der Waals surface area contributed by atoms with Crippen LogP contribution in [0.5, 0.6) is 5.75 Å². The molecule has 1 amide bonds. The molecule has 0 saturated heterocycles. The van der Waals surface area contributed by atoms with Gasteiger partial charge in [0.15, 0.2) is 0 Å². The number of nitrogens with one attached hydrogen (secondary N) is 1. The van der Waals surface area contributed by atoms with Gasteiger partial charge in [-0.15, -0.1) is 0 Å². The summed E-state index contributed by atoms with van der Waals surface area (Å²) >= 11 is 0. The van der Waals surface area contributed by atoms with E-state index in [1.165, 1.54) is 49.6 Å². The summed E-state index contributed by atoms with van der Waals surface area (Å²) in [6.45, 7) is 1.21. The van der Waals surface area contributed by atoms with Crippen LogP contribution in [0.4, 0.5) is 10.1 Å². The van der Waals surface area contributed by atoms with Crippen LogP contribution in [0.25, 0.3) is 0 Å². The van der Waals surface area contributed by atoms with Crippen LogP contribution in [-0.2, 0) is 14.8 Å². The molecule has 6 nitrogen and oxygen atoms in total. The topological polar surface area (TPSA) is 75.7 Å². The molecule has 1 N–H and O–H groups in total. The number of methoxy groups -OCH3 is 1. The van der Waals surface area contributed by atoms with Crippen molar-refractivity contribution in [3.8, 4) is 5.75 Å². The Balaban J connectivity index is 1.91. The Kier molecular flexibility index (Phi) is 6.91. The van der Waals surface area contributed by atoms with Crippen molar-refractivity contribution >= 4 is 21.6 Å². The summed E-state index contributed by atoms with van der Waals surface area (Å²) in [6, 6.07) is 20.0. The van der Waals surface area contributed by atoms with Crippen molar-refractivity contribution < 1.29 is 22.3 Å². The van der Waals surface area contributed by atoms with Gasteiger partial charge in [0.25, 0.3) is 10.0 Å². The van der Waals surface area contributed by atoms with E-state index in [9.17, 15) is 17.6 Å². The molecule has 3 aromatic rings. The van der Waals surface area contributed by atoms with Crippen LogP contribution in [0.15, 0.2) is 83.8 Å². The number of nitrogens with zero attached hydrogens (tertiary/aromatic N) is 1. The number of hydrogen-bond donors (Lipinski definition) is 1. The van der Waals surface area contributed by atoms with Gasteiger partial charge >= 0.3 is 0 Å². The number of para-hydroxylation sites is 1. The summed E-state index contributed by atoms with van der Waals surface area (Å²) in [5.41, 5.74) is 0.659. The number of amides is 1. The number of ether oxygens (including phenoxy) is 1. The molecule has 162 valence electrons. The van der Waals surface area contributed by atoms with Crippen LogP contribution in [0.3, 0.4) is 0 Å². The molecule has 3 rings (SSSR count). The molecule has 0 aliphatic rings. The Morgan fingerprint density at radius 3 is 2.23 bits per heavy atom. The van der Waals surface area contributed by atoms with E-state index in [1.807, 2.05) is 30.3 Å². The zero-order valence-electron chi connectivity index (χ0n) is 17.2. The summed E-state index contributed by atoms with van der Waals surface area (Å²) in [5.74, 6) is -0.828. The van der Waals surface area contributed by atoms with Crippen molar-refractivity contribution in [2.24, 2.45) is 0 Å². The Morgan fingerprint density at radius 2 is 1.61 bits per heavy atom. The zero-order valence-corrected chi connectivity index (χ0v) is 18.0. The van der Waals surface area contributed by atoms with Gasteiger partial charge in [-0.3, -0.25) is 9.10 Å². The van der Waals surface area contributed by atoms with E-state index in [0.29, 0.717) is 5.75 Å². The molecule has 0 heterocycles. The van der Waals surface area contributed by atoms with E-state index >= 15 is 0 Å². The number of sulfonamides is 1. The molecule has 1 atom stereocenters. The monoisotopic (exact) mass is 442 g/mol. The molecular weight excluding hydrogens is 419 g/mol. The highest BCUT2D eigenvalue weighted by Crippen LogP contribution is 2.27. The van der Waals surface area contributed by atoms with E-state index < -0.39 is 28.3 Å². The molecule has 3 aromatic carbocycles. The first-order chi connectivity index (χ1) is 14.8. The Morgan fingerprint density at radius 1 is 1.00 bits per heavy atom. The van der Waals surface area contributed by atoms with Crippen molar-refractivity contribution in [3.05, 3.63) is 90.2 Å². The standard InChI is InChI=1S/C23H23FN2O4S/c1-17(18-8-4-3-5-9-18)25-23(27)16-26(22-11-7-6-10-21(22)24)31(28,29)20-14-12-19(30-2)13-15-20/h3-15,17H,16H2,1-2H3,(H,25,27)/t17-/m1/s1. The lowest BCUT2D eigenvalue weighted by Crippen LogP contribution is -2.42. The van der Waals surface area contributed by atoms with Gasteiger partial charge in [-0.1, -0.05) is 42.5 Å². The fourth-order valence-electron chi connectivity index (χ4n) is 3.07. The van der Waals surface area contributed by atoms with E-state index in [1.54, 1.807) is 6.92 Å². The first-order valence-corrected chi connectivity index (χ1v) is 11.0. The lowest BCUT2D eigenvalue weighted by atomic mass is 10.1. The van der Waals surface area contributed by atoms with Crippen LogP contribution in [0, 0.1) is 5.82 Å². The summed E-state index contributed by atoms with van der Waals surface area (Å²) in [6.07, 6.45) is 0. The average Bonchev–Trinajstić information content (AvgIpc) is 2.78. The van der Waals surface area contributed by atoms with Crippen molar-refractivity contribution in [3.63, 3.8) is 0 Å². The third-order valence-corrected chi connectivity index (χ3v) is 6.51. The number of benzene rings is 3. The van der Waals surface area contributed by atoms with Gasteiger partial charge in [0.05, 0.1) is 23.7 Å². The van der Waals surface area contributed by atoms with E-state index in [-0.39, 0.29) is 16.6 Å². The summed E-state index contributed by atoms with van der Waals surface area (Å²) in [4.78, 5) is 12.7. The van der Waals surface area contributed by atoms with Gasteiger partial charge in [0.2, 0.25) is 5.91 Å². The van der Waals surface area contributed by atoms with Crippen molar-refractivity contribution in [1.82, 2.24) is 5.32 Å². The number of rotatable bonds is 8. The SMILES string of the molecule is COc1ccc(S(=O)(=O)N(CC(=O)N[C@H](C)c2ccccc2)c2ccccc2F)cc1. The van der Waals surface area contributed by atoms with E-state index in [4.69, 9.17) is 4.74 Å². The van der Waals surface area contributed by atoms with Gasteiger partial charge in [-0.05, 0) is 48.9 Å². The summed E-state index contributed by atoms with van der Waals surface area (Å²) in [5, 5.41) is 2.77. The van der Waals surface area contributed by atoms with Crippen molar-refractivity contribution in [2.75, 3.05) is 18.0 Å². The molecule has 0 spiro atoms. The van der Waals surface area contributed by atoms with Gasteiger partial charge < -0.3 is 10.1 Å². The fourth-order valence-corrected chi connectivity index (χ4v) is 4.50. The maximum absolute atomic E-state index is 14.5. The van der Waals surface area contributed by atoms with Gasteiger partial charge in [-0.2, -0.15) is 0 Å². The number of carbonyl (C=O) groups excluding carboxylic acids is 1. The van der Waals surface area contributed by atoms with E-state index in [0.717, 1.165) is 15.9 Å². The average molecular weight is 443 g/mol. The molecule has 31 heavy (non-hydrogen) atoms. The highest BCUT2D eigenvalue weighted by Gasteiger charge is 2.29. The first kappa shape index (κ1) is 22.3. The quantitative estimate of drug-likeness (QED) is 0.574. The smallest absolute Gasteiger partial charge is 0.264 e. The highest BCUT2D eigenvalue weighted by atomic mass is 32.2. The Hall–Kier alpha value is -3.39. The number of hydrogen-bond acceptors (Lipinski definition) is 4. The molecule has 0 fully saturated rings. The second-order valence-electron chi connectivity index (χ2n) is 6.84. The first-order valence-electron chi connectivity index (χ1n) is 9.58. The minimum absolute atomic E-state index is 0.0829.